The molecule has 0 spiro atoms. The number of amides is 1. The quantitative estimate of drug-likeness (QED) is 0.769. The molecule has 0 bridgehead atoms. The lowest BCUT2D eigenvalue weighted by Crippen LogP contribution is -2.71. The van der Waals surface area contributed by atoms with Gasteiger partial charge < -0.3 is 10.1 Å². The molecule has 2 atom stereocenters. The molecule has 6 nitrogen and oxygen atoms in total. The van der Waals surface area contributed by atoms with E-state index in [2.05, 4.69) is 38.4 Å². The van der Waals surface area contributed by atoms with Crippen molar-refractivity contribution >= 4 is 33.8 Å². The SMILES string of the molecule is Cc1ncc(-c2ccc3cnc(NC(=O)CN4C[C@@H]5OCC54)cc3c2)s1. The number of hydrogen-bond acceptors (Lipinski definition) is 6. The van der Waals surface area contributed by atoms with Crippen LogP contribution in [-0.2, 0) is 9.53 Å². The molecule has 1 amide bonds. The summed E-state index contributed by atoms with van der Waals surface area (Å²) in [5.41, 5.74) is 1.13. The van der Waals surface area contributed by atoms with E-state index in [4.69, 9.17) is 4.74 Å². The number of carbonyl (C=O) groups is 1. The maximum absolute atomic E-state index is 12.3. The molecule has 2 aliphatic rings. The van der Waals surface area contributed by atoms with E-state index < -0.39 is 0 Å². The number of pyridine rings is 1. The van der Waals surface area contributed by atoms with E-state index in [1.807, 2.05) is 19.2 Å². The molecule has 132 valence electrons. The summed E-state index contributed by atoms with van der Waals surface area (Å²) >= 11 is 1.67. The molecule has 1 unspecified atom stereocenters. The van der Waals surface area contributed by atoms with Crippen LogP contribution in [0.5, 0.6) is 0 Å². The Labute approximate surface area is 154 Å². The number of aryl methyl sites for hydroxylation is 1. The van der Waals surface area contributed by atoms with Crippen LogP contribution < -0.4 is 5.32 Å². The standard InChI is InChI=1S/C19H18N4O2S/c1-11-20-7-17(26-11)12-2-3-13-6-21-18(5-14(13)4-12)22-19(24)9-23-8-16-15(23)10-25-16/h2-7,15-16H,8-10H2,1H3,(H,21,22,24)/t15?,16-/m0/s1. The number of aromatic nitrogens is 2. The predicted octanol–water partition coefficient (Wildman–Crippen LogP) is 2.69. The van der Waals surface area contributed by atoms with Gasteiger partial charge >= 0.3 is 0 Å². The van der Waals surface area contributed by atoms with Crippen LogP contribution in [0.15, 0.2) is 36.7 Å². The second-order valence-corrected chi connectivity index (χ2v) is 8.03. The lowest BCUT2D eigenvalue weighted by Gasteiger charge is -2.54. The summed E-state index contributed by atoms with van der Waals surface area (Å²) in [6.07, 6.45) is 4.04. The van der Waals surface area contributed by atoms with Crippen LogP contribution in [0.3, 0.4) is 0 Å². The van der Waals surface area contributed by atoms with Gasteiger partial charge in [0.2, 0.25) is 5.91 Å². The number of thiazole rings is 1. The molecule has 3 aromatic rings. The van der Waals surface area contributed by atoms with E-state index in [1.54, 1.807) is 17.5 Å². The van der Waals surface area contributed by atoms with Gasteiger partial charge in [-0.1, -0.05) is 12.1 Å². The number of rotatable bonds is 4. The molecule has 0 aliphatic carbocycles. The van der Waals surface area contributed by atoms with Gasteiger partial charge in [-0.3, -0.25) is 9.69 Å². The van der Waals surface area contributed by atoms with Crippen LogP contribution >= 0.6 is 11.3 Å². The third-order valence-electron chi connectivity index (χ3n) is 5.04. The Hall–Kier alpha value is -2.35. The van der Waals surface area contributed by atoms with Crippen molar-refractivity contribution in [3.63, 3.8) is 0 Å². The zero-order valence-electron chi connectivity index (χ0n) is 14.3. The van der Waals surface area contributed by atoms with E-state index in [-0.39, 0.29) is 5.91 Å². The van der Waals surface area contributed by atoms with Crippen LogP contribution in [0, 0.1) is 6.92 Å². The molecular weight excluding hydrogens is 348 g/mol. The molecule has 1 N–H and O–H groups in total. The molecule has 5 rings (SSSR count). The summed E-state index contributed by atoms with van der Waals surface area (Å²) in [5, 5.41) is 6.06. The molecule has 4 heterocycles. The highest BCUT2D eigenvalue weighted by atomic mass is 32.1. The first-order chi connectivity index (χ1) is 12.7. The molecule has 0 radical (unpaired) electrons. The van der Waals surface area contributed by atoms with Gasteiger partial charge in [-0.15, -0.1) is 11.3 Å². The molecule has 1 aromatic carbocycles. The van der Waals surface area contributed by atoms with Crippen LogP contribution in [0.4, 0.5) is 5.82 Å². The summed E-state index contributed by atoms with van der Waals surface area (Å²) in [6.45, 7) is 3.99. The average molecular weight is 366 g/mol. The fourth-order valence-corrected chi connectivity index (χ4v) is 4.24. The normalized spacial score (nSPS) is 21.7. The molecule has 2 saturated heterocycles. The lowest BCUT2D eigenvalue weighted by molar-refractivity contribution is -0.212. The van der Waals surface area contributed by atoms with E-state index >= 15 is 0 Å². The topological polar surface area (TPSA) is 67.4 Å². The second-order valence-electron chi connectivity index (χ2n) is 6.79. The molecule has 26 heavy (non-hydrogen) atoms. The van der Waals surface area contributed by atoms with Crippen molar-refractivity contribution < 1.29 is 9.53 Å². The summed E-state index contributed by atoms with van der Waals surface area (Å²) in [6, 6.07) is 8.60. The largest absolute Gasteiger partial charge is 0.373 e. The summed E-state index contributed by atoms with van der Waals surface area (Å²) in [4.78, 5) is 24.3. The number of anilines is 1. The van der Waals surface area contributed by atoms with Crippen molar-refractivity contribution in [3.05, 3.63) is 41.7 Å². The Morgan fingerprint density at radius 2 is 2.23 bits per heavy atom. The first kappa shape index (κ1) is 15.9. The monoisotopic (exact) mass is 366 g/mol. The van der Waals surface area contributed by atoms with Gasteiger partial charge in [-0.2, -0.15) is 0 Å². The molecule has 7 heteroatoms. The second kappa shape index (κ2) is 6.12. The zero-order chi connectivity index (χ0) is 17.7. The number of ether oxygens (including phenoxy) is 1. The minimum atomic E-state index is -0.0311. The molecular formula is C19H18N4O2S. The Balaban J connectivity index is 1.33. The summed E-state index contributed by atoms with van der Waals surface area (Å²) in [7, 11) is 0. The number of nitrogens with zero attached hydrogens (tertiary/aromatic N) is 3. The van der Waals surface area contributed by atoms with Gasteiger partial charge in [0.25, 0.3) is 0 Å². The van der Waals surface area contributed by atoms with Crippen molar-refractivity contribution in [1.29, 1.82) is 0 Å². The zero-order valence-corrected chi connectivity index (χ0v) is 15.1. The van der Waals surface area contributed by atoms with Gasteiger partial charge in [-0.05, 0) is 30.0 Å². The van der Waals surface area contributed by atoms with Gasteiger partial charge in [0.05, 0.1) is 35.2 Å². The molecule has 0 saturated carbocycles. The van der Waals surface area contributed by atoms with E-state index in [1.165, 1.54) is 0 Å². The Morgan fingerprint density at radius 3 is 2.92 bits per heavy atom. The van der Waals surface area contributed by atoms with Gasteiger partial charge in [0.15, 0.2) is 0 Å². The van der Waals surface area contributed by atoms with E-state index in [0.29, 0.717) is 24.5 Å². The number of nitrogens with one attached hydrogen (secondary N) is 1. The van der Waals surface area contributed by atoms with Crippen molar-refractivity contribution in [3.8, 4) is 10.4 Å². The van der Waals surface area contributed by atoms with Gasteiger partial charge in [0, 0.05) is 24.3 Å². The van der Waals surface area contributed by atoms with Crippen LogP contribution in [-0.4, -0.2) is 52.6 Å². The maximum Gasteiger partial charge on any atom is 0.239 e. The van der Waals surface area contributed by atoms with Crippen molar-refractivity contribution in [2.45, 2.75) is 19.1 Å². The highest BCUT2D eigenvalue weighted by Crippen LogP contribution is 2.30. The molecule has 2 fully saturated rings. The van der Waals surface area contributed by atoms with Crippen LogP contribution in [0.25, 0.3) is 21.2 Å². The van der Waals surface area contributed by atoms with E-state index in [0.717, 1.165) is 39.4 Å². The number of morpholine rings is 1. The lowest BCUT2D eigenvalue weighted by atomic mass is 9.95. The van der Waals surface area contributed by atoms with Crippen molar-refractivity contribution in [2.24, 2.45) is 0 Å². The van der Waals surface area contributed by atoms with Crippen LogP contribution in [0.2, 0.25) is 0 Å². The number of likely N-dealkylation sites (tertiary alicyclic amines) is 1. The first-order valence-electron chi connectivity index (χ1n) is 8.64. The highest BCUT2D eigenvalue weighted by Gasteiger charge is 2.47. The highest BCUT2D eigenvalue weighted by molar-refractivity contribution is 7.15. The maximum atomic E-state index is 12.3. The fourth-order valence-electron chi connectivity index (χ4n) is 3.47. The Bertz CT molecular complexity index is 1000. The smallest absolute Gasteiger partial charge is 0.239 e. The number of carbonyl (C=O) groups excluding carboxylic acids is 1. The minimum Gasteiger partial charge on any atom is -0.373 e. The molecule has 2 aliphatic heterocycles. The van der Waals surface area contributed by atoms with Crippen molar-refractivity contribution in [2.75, 3.05) is 25.0 Å². The first-order valence-corrected chi connectivity index (χ1v) is 9.45. The average Bonchev–Trinajstić information content (AvgIpc) is 3.04. The number of fused-ring (bicyclic) bond motifs is 2. The van der Waals surface area contributed by atoms with Gasteiger partial charge in [-0.25, -0.2) is 9.97 Å². The summed E-state index contributed by atoms with van der Waals surface area (Å²) < 4.78 is 5.37. The van der Waals surface area contributed by atoms with Crippen molar-refractivity contribution in [1.82, 2.24) is 14.9 Å². The Kier molecular flexibility index (Phi) is 3.74. The fraction of sp³-hybridized carbons (Fsp3) is 0.316. The van der Waals surface area contributed by atoms with Crippen LogP contribution in [0.1, 0.15) is 5.01 Å². The summed E-state index contributed by atoms with van der Waals surface area (Å²) in [5.74, 6) is 0.554. The number of benzene rings is 1. The number of hydrogen-bond donors (Lipinski definition) is 1. The third-order valence-corrected chi connectivity index (χ3v) is 6.00. The van der Waals surface area contributed by atoms with E-state index in [9.17, 15) is 4.79 Å². The van der Waals surface area contributed by atoms with Gasteiger partial charge in [0.1, 0.15) is 5.82 Å². The third kappa shape index (κ3) is 2.78. The predicted molar refractivity (Wildman–Crippen MR) is 101 cm³/mol. The minimum absolute atomic E-state index is 0.0311. The molecule has 2 aromatic heterocycles. The Morgan fingerprint density at radius 1 is 1.31 bits per heavy atom.